The minimum absolute atomic E-state index is 0.213. The van der Waals surface area contributed by atoms with E-state index in [1.165, 1.54) is 0 Å². The predicted octanol–water partition coefficient (Wildman–Crippen LogP) is 3.30. The molecule has 1 N–H and O–H groups in total. The van der Waals surface area contributed by atoms with Crippen molar-refractivity contribution in [2.75, 3.05) is 43.1 Å². The van der Waals surface area contributed by atoms with Crippen LogP contribution in [-0.2, 0) is 25.5 Å². The number of hydrogen-bond acceptors (Lipinski definition) is 6. The van der Waals surface area contributed by atoms with Gasteiger partial charge in [-0.3, -0.25) is 9.59 Å². The second-order valence-corrected chi connectivity index (χ2v) is 8.12. The summed E-state index contributed by atoms with van der Waals surface area (Å²) in [5.74, 6) is -0.600. The number of benzene rings is 2. The van der Waals surface area contributed by atoms with Crippen molar-refractivity contribution >= 4 is 34.9 Å². The van der Waals surface area contributed by atoms with E-state index >= 15 is 0 Å². The van der Waals surface area contributed by atoms with Crippen LogP contribution in [0.3, 0.4) is 0 Å². The molecular formula is C23H25ClN2O5. The van der Waals surface area contributed by atoms with E-state index in [2.05, 4.69) is 10.2 Å². The van der Waals surface area contributed by atoms with Gasteiger partial charge in [0.1, 0.15) is 12.4 Å². The van der Waals surface area contributed by atoms with Crippen molar-refractivity contribution in [2.24, 2.45) is 5.92 Å². The number of nitrogens with zero attached hydrogens (tertiary/aromatic N) is 1. The molecule has 2 aromatic carbocycles. The van der Waals surface area contributed by atoms with Gasteiger partial charge >= 0.3 is 5.97 Å². The highest BCUT2D eigenvalue weighted by Crippen LogP contribution is 2.30. The van der Waals surface area contributed by atoms with Gasteiger partial charge in [-0.05, 0) is 61.4 Å². The van der Waals surface area contributed by atoms with Gasteiger partial charge < -0.3 is 24.4 Å². The van der Waals surface area contributed by atoms with E-state index in [-0.39, 0.29) is 12.5 Å². The van der Waals surface area contributed by atoms with Gasteiger partial charge in [0.15, 0.2) is 6.10 Å². The lowest BCUT2D eigenvalue weighted by atomic mass is 9.97. The summed E-state index contributed by atoms with van der Waals surface area (Å²) in [5, 5.41) is 3.38. The monoisotopic (exact) mass is 444 g/mol. The molecule has 164 valence electrons. The van der Waals surface area contributed by atoms with E-state index in [0.717, 1.165) is 30.1 Å². The zero-order valence-electron chi connectivity index (χ0n) is 17.3. The zero-order chi connectivity index (χ0) is 21.8. The van der Waals surface area contributed by atoms with Gasteiger partial charge in [0, 0.05) is 29.5 Å². The summed E-state index contributed by atoms with van der Waals surface area (Å²) in [6.07, 6.45) is -0.460. The van der Waals surface area contributed by atoms with Crippen LogP contribution in [-0.4, -0.2) is 50.9 Å². The van der Waals surface area contributed by atoms with Crippen LogP contribution in [0.15, 0.2) is 42.5 Å². The third kappa shape index (κ3) is 5.29. The number of hydrogen-bond donors (Lipinski definition) is 1. The van der Waals surface area contributed by atoms with Crippen LogP contribution >= 0.6 is 11.6 Å². The Balaban J connectivity index is 1.29. The highest BCUT2D eigenvalue weighted by Gasteiger charge is 2.30. The van der Waals surface area contributed by atoms with Gasteiger partial charge in [0.2, 0.25) is 0 Å². The van der Waals surface area contributed by atoms with Crippen molar-refractivity contribution in [3.05, 3.63) is 53.1 Å². The number of halogens is 1. The maximum absolute atomic E-state index is 12.5. The molecule has 0 radical (unpaired) electrons. The van der Waals surface area contributed by atoms with E-state index in [0.29, 0.717) is 30.3 Å². The molecule has 7 nitrogen and oxygen atoms in total. The first kappa shape index (κ1) is 21.5. The molecular weight excluding hydrogens is 420 g/mol. The molecule has 8 heteroatoms. The summed E-state index contributed by atoms with van der Waals surface area (Å²) >= 11 is 6.03. The Morgan fingerprint density at radius 1 is 1.16 bits per heavy atom. The van der Waals surface area contributed by atoms with Gasteiger partial charge in [-0.25, -0.2) is 0 Å². The number of esters is 1. The van der Waals surface area contributed by atoms with Crippen molar-refractivity contribution < 1.29 is 23.8 Å². The maximum Gasteiger partial charge on any atom is 0.313 e. The van der Waals surface area contributed by atoms with Crippen LogP contribution in [0, 0.1) is 5.92 Å². The summed E-state index contributed by atoms with van der Waals surface area (Å²) in [6, 6.07) is 12.9. The molecule has 0 spiro atoms. The first-order valence-electron chi connectivity index (χ1n) is 10.3. The Kier molecular flexibility index (Phi) is 6.63. The van der Waals surface area contributed by atoms with E-state index in [1.54, 1.807) is 25.1 Å². The van der Waals surface area contributed by atoms with Crippen LogP contribution < -0.4 is 15.0 Å². The number of amides is 1. The average molecular weight is 445 g/mol. The molecule has 2 aromatic rings. The topological polar surface area (TPSA) is 77.1 Å². The van der Waals surface area contributed by atoms with Crippen LogP contribution in [0.1, 0.15) is 12.5 Å². The minimum Gasteiger partial charge on any atom is -0.492 e. The van der Waals surface area contributed by atoms with Gasteiger partial charge in [0.05, 0.1) is 19.1 Å². The Morgan fingerprint density at radius 2 is 1.90 bits per heavy atom. The molecule has 1 saturated heterocycles. The number of morpholine rings is 1. The average Bonchev–Trinajstić information content (AvgIpc) is 2.79. The third-order valence-corrected chi connectivity index (χ3v) is 5.67. The maximum atomic E-state index is 12.5. The Hall–Kier alpha value is -2.77. The number of rotatable bonds is 5. The second-order valence-electron chi connectivity index (χ2n) is 7.68. The predicted molar refractivity (Wildman–Crippen MR) is 118 cm³/mol. The molecule has 0 saturated carbocycles. The molecule has 1 fully saturated rings. The minimum atomic E-state index is -0.924. The quantitative estimate of drug-likeness (QED) is 0.713. The van der Waals surface area contributed by atoms with Gasteiger partial charge in [-0.1, -0.05) is 11.6 Å². The number of fused-ring (bicyclic) bond motifs is 1. The molecule has 2 atom stereocenters. The van der Waals surface area contributed by atoms with Gasteiger partial charge in [-0.15, -0.1) is 0 Å². The van der Waals surface area contributed by atoms with Crippen molar-refractivity contribution in [3.63, 3.8) is 0 Å². The standard InChI is InChI=1S/C23H25ClN2O5/c1-15(31-23(28)17-12-16-13-18(24)2-7-21(16)30-14-17)22(27)25-19-3-5-20(6-4-19)26-8-10-29-11-9-26/h2-7,13,15,17H,8-12,14H2,1H3,(H,25,27). The lowest BCUT2D eigenvalue weighted by molar-refractivity contribution is -0.158. The summed E-state index contributed by atoms with van der Waals surface area (Å²) < 4.78 is 16.4. The number of anilines is 2. The van der Waals surface area contributed by atoms with E-state index in [1.807, 2.05) is 24.3 Å². The summed E-state index contributed by atoms with van der Waals surface area (Å²) in [5.41, 5.74) is 2.59. The number of ether oxygens (including phenoxy) is 3. The lowest BCUT2D eigenvalue weighted by Crippen LogP contribution is -2.36. The normalized spacial score (nSPS) is 19.0. The molecule has 2 heterocycles. The first-order chi connectivity index (χ1) is 15.0. The Morgan fingerprint density at radius 3 is 2.65 bits per heavy atom. The van der Waals surface area contributed by atoms with Crippen molar-refractivity contribution in [1.82, 2.24) is 0 Å². The fraction of sp³-hybridized carbons (Fsp3) is 0.391. The Bertz CT molecular complexity index is 943. The molecule has 2 unspecified atom stereocenters. The molecule has 4 rings (SSSR count). The highest BCUT2D eigenvalue weighted by molar-refractivity contribution is 6.30. The van der Waals surface area contributed by atoms with Crippen molar-refractivity contribution in [3.8, 4) is 5.75 Å². The molecule has 2 aliphatic heterocycles. The van der Waals surface area contributed by atoms with Gasteiger partial charge in [0.25, 0.3) is 5.91 Å². The summed E-state index contributed by atoms with van der Waals surface area (Å²) in [4.78, 5) is 27.3. The van der Waals surface area contributed by atoms with Crippen LogP contribution in [0.4, 0.5) is 11.4 Å². The van der Waals surface area contributed by atoms with Crippen LogP contribution in [0.2, 0.25) is 5.02 Å². The van der Waals surface area contributed by atoms with Crippen LogP contribution in [0.25, 0.3) is 0 Å². The Labute approximate surface area is 186 Å². The number of carbonyl (C=O) groups is 2. The molecule has 0 bridgehead atoms. The summed E-state index contributed by atoms with van der Waals surface area (Å²) in [6.45, 7) is 4.90. The fourth-order valence-electron chi connectivity index (χ4n) is 3.66. The third-order valence-electron chi connectivity index (χ3n) is 5.44. The summed E-state index contributed by atoms with van der Waals surface area (Å²) in [7, 11) is 0. The van der Waals surface area contributed by atoms with E-state index in [4.69, 9.17) is 25.8 Å². The molecule has 2 aliphatic rings. The second kappa shape index (κ2) is 9.58. The molecule has 0 aromatic heterocycles. The SMILES string of the molecule is CC(OC(=O)C1COc2ccc(Cl)cc2C1)C(=O)Nc1ccc(N2CCOCC2)cc1. The zero-order valence-corrected chi connectivity index (χ0v) is 18.1. The largest absolute Gasteiger partial charge is 0.492 e. The van der Waals surface area contributed by atoms with E-state index in [9.17, 15) is 9.59 Å². The van der Waals surface area contributed by atoms with E-state index < -0.39 is 18.0 Å². The van der Waals surface area contributed by atoms with Crippen molar-refractivity contribution in [2.45, 2.75) is 19.4 Å². The van der Waals surface area contributed by atoms with Crippen molar-refractivity contribution in [1.29, 1.82) is 0 Å². The highest BCUT2D eigenvalue weighted by atomic mass is 35.5. The molecule has 1 amide bonds. The fourth-order valence-corrected chi connectivity index (χ4v) is 3.85. The number of carbonyl (C=O) groups excluding carboxylic acids is 2. The molecule has 0 aliphatic carbocycles. The number of nitrogens with one attached hydrogen (secondary N) is 1. The lowest BCUT2D eigenvalue weighted by Gasteiger charge is -2.29. The van der Waals surface area contributed by atoms with Gasteiger partial charge in [-0.2, -0.15) is 0 Å². The van der Waals surface area contributed by atoms with Crippen LogP contribution in [0.5, 0.6) is 5.75 Å². The first-order valence-corrected chi connectivity index (χ1v) is 10.7. The smallest absolute Gasteiger partial charge is 0.313 e. The molecule has 31 heavy (non-hydrogen) atoms.